The summed E-state index contributed by atoms with van der Waals surface area (Å²) in [5.74, 6) is -2.85. The lowest BCUT2D eigenvalue weighted by atomic mass is 10.1. The first-order valence-corrected chi connectivity index (χ1v) is 11.8. The number of aromatic nitrogens is 1. The molecule has 1 aliphatic heterocycles. The molecule has 1 aromatic heterocycles. The molecule has 34 heavy (non-hydrogen) atoms. The van der Waals surface area contributed by atoms with Crippen LogP contribution < -0.4 is 10.1 Å². The molecule has 1 fully saturated rings. The number of carboxylic acids is 2. The van der Waals surface area contributed by atoms with Gasteiger partial charge in [-0.3, -0.25) is 4.90 Å². The minimum Gasteiger partial charge on any atom is -0.491 e. The van der Waals surface area contributed by atoms with E-state index in [0.29, 0.717) is 19.2 Å². The molecule has 2 aromatic carbocycles. The van der Waals surface area contributed by atoms with Crippen molar-refractivity contribution in [3.63, 3.8) is 0 Å². The van der Waals surface area contributed by atoms with Crippen molar-refractivity contribution in [3.8, 4) is 5.75 Å². The quantitative estimate of drug-likeness (QED) is 0.354. The first kappa shape index (κ1) is 25.6. The smallest absolute Gasteiger partial charge is 0.414 e. The molecule has 0 aliphatic carbocycles. The molecule has 0 saturated carbocycles. The normalized spacial score (nSPS) is 16.9. The second-order valence-electron chi connectivity index (χ2n) is 7.94. The highest BCUT2D eigenvalue weighted by Crippen LogP contribution is 2.22. The zero-order valence-corrected chi connectivity index (χ0v) is 19.5. The average Bonchev–Trinajstić information content (AvgIpc) is 3.26. The minimum absolute atomic E-state index is 0.324. The van der Waals surface area contributed by atoms with E-state index < -0.39 is 18.0 Å². The van der Waals surface area contributed by atoms with E-state index in [9.17, 15) is 5.11 Å². The highest BCUT2D eigenvalue weighted by atomic mass is 32.1. The van der Waals surface area contributed by atoms with Crippen molar-refractivity contribution in [3.05, 3.63) is 59.6 Å². The fourth-order valence-electron chi connectivity index (χ4n) is 3.68. The standard InChI is InChI=1S/C22H27N3O2S.C2H2O4/c26-18(16-27-19-8-2-1-3-9-19)15-25-12-6-7-17(14-25)23-13-22-24-20-10-4-5-11-21(20)28-22;3-1(4)2(5)6/h1-5,8-11,17-18,23,26H,6-7,12-16H2;(H,3,4)(H,5,6). The van der Waals surface area contributed by atoms with E-state index in [2.05, 4.69) is 28.4 Å². The second-order valence-corrected chi connectivity index (χ2v) is 9.06. The molecule has 2 heterocycles. The number of aliphatic carboxylic acids is 2. The lowest BCUT2D eigenvalue weighted by Gasteiger charge is -2.34. The van der Waals surface area contributed by atoms with Crippen molar-refractivity contribution in [2.75, 3.05) is 26.2 Å². The van der Waals surface area contributed by atoms with E-state index in [0.717, 1.165) is 48.7 Å². The van der Waals surface area contributed by atoms with Crippen LogP contribution in [0.5, 0.6) is 5.75 Å². The van der Waals surface area contributed by atoms with Crippen molar-refractivity contribution < 1.29 is 29.6 Å². The molecular weight excluding hydrogens is 458 g/mol. The van der Waals surface area contributed by atoms with Crippen LogP contribution in [0, 0.1) is 0 Å². The Hall–Kier alpha value is -3.05. The lowest BCUT2D eigenvalue weighted by Crippen LogP contribution is -2.48. The van der Waals surface area contributed by atoms with Crippen molar-refractivity contribution in [1.29, 1.82) is 0 Å². The number of carbonyl (C=O) groups is 2. The molecule has 0 spiro atoms. The molecule has 10 heteroatoms. The number of fused-ring (bicyclic) bond motifs is 1. The number of aliphatic hydroxyl groups excluding tert-OH is 1. The summed E-state index contributed by atoms with van der Waals surface area (Å²) in [4.78, 5) is 25.2. The zero-order chi connectivity index (χ0) is 24.3. The molecular formula is C24H29N3O6S. The topological polar surface area (TPSA) is 132 Å². The van der Waals surface area contributed by atoms with Crippen molar-refractivity contribution in [1.82, 2.24) is 15.2 Å². The summed E-state index contributed by atoms with van der Waals surface area (Å²) in [5, 5.41) is 29.9. The number of likely N-dealkylation sites (tertiary alicyclic amines) is 1. The molecule has 2 atom stereocenters. The monoisotopic (exact) mass is 487 g/mol. The Labute approximate surface area is 201 Å². The molecule has 1 aliphatic rings. The van der Waals surface area contributed by atoms with Gasteiger partial charge in [0.05, 0.1) is 10.2 Å². The van der Waals surface area contributed by atoms with Crippen LogP contribution in [0.15, 0.2) is 54.6 Å². The maximum Gasteiger partial charge on any atom is 0.414 e. The average molecular weight is 488 g/mol. The van der Waals surface area contributed by atoms with Crippen LogP contribution >= 0.6 is 11.3 Å². The van der Waals surface area contributed by atoms with E-state index in [1.807, 2.05) is 36.4 Å². The maximum absolute atomic E-state index is 10.3. The molecule has 0 amide bonds. The predicted molar refractivity (Wildman–Crippen MR) is 129 cm³/mol. The van der Waals surface area contributed by atoms with Gasteiger partial charge in [-0.1, -0.05) is 30.3 Å². The van der Waals surface area contributed by atoms with Gasteiger partial charge >= 0.3 is 11.9 Å². The Morgan fingerprint density at radius 2 is 1.82 bits per heavy atom. The number of nitrogens with one attached hydrogen (secondary N) is 1. The minimum atomic E-state index is -1.82. The number of β-amino-alcohol motifs (C(OH)–C–C–N with tert-alkyl or cyclic N) is 1. The largest absolute Gasteiger partial charge is 0.491 e. The first-order valence-electron chi connectivity index (χ1n) is 11.0. The molecule has 2 unspecified atom stereocenters. The number of piperidine rings is 1. The van der Waals surface area contributed by atoms with Gasteiger partial charge in [0.1, 0.15) is 23.5 Å². The third-order valence-corrected chi connectivity index (χ3v) is 6.26. The Morgan fingerprint density at radius 1 is 1.12 bits per heavy atom. The number of aliphatic hydroxyl groups is 1. The SMILES string of the molecule is O=C(O)C(=O)O.OC(COc1ccccc1)CN1CCCC(NCc2nc3ccccc3s2)C1. The summed E-state index contributed by atoms with van der Waals surface area (Å²) < 4.78 is 6.91. The van der Waals surface area contributed by atoms with Gasteiger partial charge in [-0.15, -0.1) is 11.3 Å². The van der Waals surface area contributed by atoms with Crippen LogP contribution in [0.4, 0.5) is 0 Å². The molecule has 182 valence electrons. The van der Waals surface area contributed by atoms with Crippen LogP contribution in [0.2, 0.25) is 0 Å². The number of thiazole rings is 1. The highest BCUT2D eigenvalue weighted by molar-refractivity contribution is 7.18. The van der Waals surface area contributed by atoms with Gasteiger partial charge in [-0.2, -0.15) is 0 Å². The zero-order valence-electron chi connectivity index (χ0n) is 18.7. The lowest BCUT2D eigenvalue weighted by molar-refractivity contribution is -0.159. The molecule has 4 rings (SSSR count). The number of para-hydroxylation sites is 2. The molecule has 3 aromatic rings. The van der Waals surface area contributed by atoms with Gasteiger partial charge in [0.2, 0.25) is 0 Å². The Morgan fingerprint density at radius 3 is 2.53 bits per heavy atom. The number of rotatable bonds is 8. The van der Waals surface area contributed by atoms with Crippen LogP contribution in [-0.4, -0.2) is 75.5 Å². The number of benzene rings is 2. The number of hydrogen-bond donors (Lipinski definition) is 4. The van der Waals surface area contributed by atoms with E-state index >= 15 is 0 Å². The molecule has 0 radical (unpaired) electrons. The van der Waals surface area contributed by atoms with E-state index in [4.69, 9.17) is 29.5 Å². The summed E-state index contributed by atoms with van der Waals surface area (Å²) in [6.07, 6.45) is 1.82. The Bertz CT molecular complexity index is 1020. The first-order chi connectivity index (χ1) is 16.4. The maximum atomic E-state index is 10.3. The van der Waals surface area contributed by atoms with Crippen molar-refractivity contribution in [2.24, 2.45) is 0 Å². The van der Waals surface area contributed by atoms with Crippen LogP contribution in [0.25, 0.3) is 10.2 Å². The van der Waals surface area contributed by atoms with Crippen LogP contribution in [-0.2, 0) is 16.1 Å². The highest BCUT2D eigenvalue weighted by Gasteiger charge is 2.22. The summed E-state index contributed by atoms with van der Waals surface area (Å²) in [5.41, 5.74) is 1.08. The van der Waals surface area contributed by atoms with Gasteiger partial charge in [-0.25, -0.2) is 14.6 Å². The summed E-state index contributed by atoms with van der Waals surface area (Å²) in [6.45, 7) is 3.75. The summed E-state index contributed by atoms with van der Waals surface area (Å²) >= 11 is 1.76. The third kappa shape index (κ3) is 8.38. The number of carboxylic acid groups (broad SMARTS) is 2. The molecule has 4 N–H and O–H groups in total. The Kier molecular flexibility index (Phi) is 9.77. The Balaban J connectivity index is 0.000000481. The van der Waals surface area contributed by atoms with E-state index in [1.54, 1.807) is 11.3 Å². The molecule has 0 bridgehead atoms. The fraction of sp³-hybridized carbons (Fsp3) is 0.375. The molecule has 9 nitrogen and oxygen atoms in total. The van der Waals surface area contributed by atoms with Crippen LogP contribution in [0.1, 0.15) is 17.8 Å². The molecule has 1 saturated heterocycles. The predicted octanol–water partition coefficient (Wildman–Crippen LogP) is 2.45. The third-order valence-electron chi connectivity index (χ3n) is 5.22. The van der Waals surface area contributed by atoms with Crippen molar-refractivity contribution >= 4 is 33.5 Å². The summed E-state index contributed by atoms with van der Waals surface area (Å²) in [6, 6.07) is 18.4. The van der Waals surface area contributed by atoms with Gasteiger partial charge in [0.15, 0.2) is 0 Å². The number of nitrogens with zero attached hydrogens (tertiary/aromatic N) is 2. The van der Waals surface area contributed by atoms with Crippen molar-refractivity contribution in [2.45, 2.75) is 31.5 Å². The number of ether oxygens (including phenoxy) is 1. The van der Waals surface area contributed by atoms with E-state index in [-0.39, 0.29) is 0 Å². The fourth-order valence-corrected chi connectivity index (χ4v) is 4.59. The number of hydrogen-bond acceptors (Lipinski definition) is 8. The van der Waals surface area contributed by atoms with Gasteiger partial charge in [-0.05, 0) is 43.7 Å². The van der Waals surface area contributed by atoms with Gasteiger partial charge < -0.3 is 25.4 Å². The van der Waals surface area contributed by atoms with Gasteiger partial charge in [0, 0.05) is 25.7 Å². The summed E-state index contributed by atoms with van der Waals surface area (Å²) in [7, 11) is 0. The van der Waals surface area contributed by atoms with Crippen LogP contribution in [0.3, 0.4) is 0 Å². The second kappa shape index (κ2) is 13.0. The van der Waals surface area contributed by atoms with Gasteiger partial charge in [0.25, 0.3) is 0 Å². The van der Waals surface area contributed by atoms with E-state index in [1.165, 1.54) is 4.70 Å².